The van der Waals surface area contributed by atoms with E-state index in [0.717, 1.165) is 34.8 Å². The van der Waals surface area contributed by atoms with Gasteiger partial charge in [0.15, 0.2) is 0 Å². The molecule has 30 heavy (non-hydrogen) atoms. The number of aliphatic carboxylic acids is 1. The van der Waals surface area contributed by atoms with E-state index in [-0.39, 0.29) is 5.92 Å². The molecule has 158 valence electrons. The van der Waals surface area contributed by atoms with Gasteiger partial charge in [0.05, 0.1) is 12.3 Å². The monoisotopic (exact) mass is 427 g/mol. The summed E-state index contributed by atoms with van der Waals surface area (Å²) < 4.78 is 11.7. The van der Waals surface area contributed by atoms with Gasteiger partial charge >= 0.3 is 5.97 Å². The number of rotatable bonds is 10. The van der Waals surface area contributed by atoms with Crippen LogP contribution in [0.4, 0.5) is 0 Å². The number of aryl methyl sites for hydroxylation is 1. The number of nitrogens with zero attached hydrogens (tertiary/aromatic N) is 1. The second-order valence-electron chi connectivity index (χ2n) is 7.20. The van der Waals surface area contributed by atoms with Crippen LogP contribution in [0, 0.1) is 6.92 Å². The molecule has 1 N–H and O–H groups in total. The van der Waals surface area contributed by atoms with E-state index in [9.17, 15) is 4.79 Å². The fraction of sp³-hybridized carbons (Fsp3) is 0.333. The van der Waals surface area contributed by atoms with Gasteiger partial charge < -0.3 is 14.3 Å². The van der Waals surface area contributed by atoms with Gasteiger partial charge in [0, 0.05) is 12.0 Å². The average Bonchev–Trinajstić information content (AvgIpc) is 3.13. The Labute approximate surface area is 181 Å². The predicted molar refractivity (Wildman–Crippen MR) is 117 cm³/mol. The SMILES string of the molecule is CCC(CC(Cl)C(=O)O)c1ccc(OCCc2nc(-c3ccccc3)oc2C)cc1. The minimum absolute atomic E-state index is 0.104. The molecule has 2 aromatic carbocycles. The number of benzene rings is 2. The average molecular weight is 428 g/mol. The fourth-order valence-electron chi connectivity index (χ4n) is 3.36. The van der Waals surface area contributed by atoms with Crippen molar-refractivity contribution in [2.24, 2.45) is 0 Å². The molecule has 1 aromatic heterocycles. The third-order valence-corrected chi connectivity index (χ3v) is 5.49. The topological polar surface area (TPSA) is 72.6 Å². The highest BCUT2D eigenvalue weighted by Gasteiger charge is 2.20. The third kappa shape index (κ3) is 5.63. The van der Waals surface area contributed by atoms with Crippen LogP contribution in [-0.2, 0) is 11.2 Å². The van der Waals surface area contributed by atoms with Gasteiger partial charge in [0.25, 0.3) is 0 Å². The second-order valence-corrected chi connectivity index (χ2v) is 7.73. The van der Waals surface area contributed by atoms with Crippen LogP contribution < -0.4 is 4.74 Å². The molecule has 5 nitrogen and oxygen atoms in total. The zero-order chi connectivity index (χ0) is 21.5. The van der Waals surface area contributed by atoms with E-state index in [4.69, 9.17) is 25.9 Å². The first-order chi connectivity index (χ1) is 14.5. The van der Waals surface area contributed by atoms with Crippen LogP contribution in [0.1, 0.15) is 42.7 Å². The molecule has 1 heterocycles. The number of carboxylic acid groups (broad SMARTS) is 1. The number of oxazole rings is 1. The predicted octanol–water partition coefficient (Wildman–Crippen LogP) is 5.85. The molecule has 0 aliphatic rings. The van der Waals surface area contributed by atoms with Crippen LogP contribution in [-0.4, -0.2) is 28.0 Å². The van der Waals surface area contributed by atoms with E-state index in [1.807, 2.05) is 68.4 Å². The molecule has 3 aromatic rings. The summed E-state index contributed by atoms with van der Waals surface area (Å²) in [6.45, 7) is 4.43. The van der Waals surface area contributed by atoms with Crippen molar-refractivity contribution in [3.63, 3.8) is 0 Å². The molecule has 0 aliphatic heterocycles. The van der Waals surface area contributed by atoms with Gasteiger partial charge in [-0.3, -0.25) is 4.79 Å². The van der Waals surface area contributed by atoms with Crippen molar-refractivity contribution in [1.82, 2.24) is 4.98 Å². The first-order valence-electron chi connectivity index (χ1n) is 10.1. The van der Waals surface area contributed by atoms with Crippen molar-refractivity contribution in [1.29, 1.82) is 0 Å². The first kappa shape index (κ1) is 21.9. The largest absolute Gasteiger partial charge is 0.493 e. The Kier molecular flexibility index (Phi) is 7.52. The summed E-state index contributed by atoms with van der Waals surface area (Å²) in [5.74, 6) is 1.31. The van der Waals surface area contributed by atoms with Crippen LogP contribution in [0.25, 0.3) is 11.5 Å². The smallest absolute Gasteiger partial charge is 0.321 e. The van der Waals surface area contributed by atoms with Crippen molar-refractivity contribution in [2.75, 3.05) is 6.61 Å². The van der Waals surface area contributed by atoms with Gasteiger partial charge in [0.1, 0.15) is 16.9 Å². The minimum atomic E-state index is -0.978. The summed E-state index contributed by atoms with van der Waals surface area (Å²) in [5.41, 5.74) is 2.91. The minimum Gasteiger partial charge on any atom is -0.493 e. The Morgan fingerprint density at radius 3 is 2.50 bits per heavy atom. The standard InChI is InChI=1S/C24H26ClNO4/c1-3-17(15-21(25)24(27)28)18-9-11-20(12-10-18)29-14-13-22-16(2)30-23(26-22)19-7-5-4-6-8-19/h4-12,17,21H,3,13-15H2,1-2H3,(H,27,28). The van der Waals surface area contributed by atoms with Crippen LogP contribution in [0.2, 0.25) is 0 Å². The maximum Gasteiger partial charge on any atom is 0.321 e. The molecular weight excluding hydrogens is 402 g/mol. The summed E-state index contributed by atoms with van der Waals surface area (Å²) >= 11 is 5.91. The van der Waals surface area contributed by atoms with Crippen LogP contribution in [0.15, 0.2) is 59.0 Å². The van der Waals surface area contributed by atoms with E-state index in [1.165, 1.54) is 0 Å². The third-order valence-electron chi connectivity index (χ3n) is 5.12. The number of carbonyl (C=O) groups is 1. The summed E-state index contributed by atoms with van der Waals surface area (Å²) in [4.78, 5) is 15.6. The summed E-state index contributed by atoms with van der Waals surface area (Å²) in [6, 6.07) is 17.6. The van der Waals surface area contributed by atoms with Gasteiger partial charge in [-0.05, 0) is 55.5 Å². The lowest BCUT2D eigenvalue weighted by Crippen LogP contribution is -2.16. The summed E-state index contributed by atoms with van der Waals surface area (Å²) in [5, 5.41) is 8.15. The van der Waals surface area contributed by atoms with Crippen molar-refractivity contribution >= 4 is 17.6 Å². The molecule has 6 heteroatoms. The van der Waals surface area contributed by atoms with Gasteiger partial charge in [-0.25, -0.2) is 4.98 Å². The number of hydrogen-bond acceptors (Lipinski definition) is 4. The number of hydrogen-bond donors (Lipinski definition) is 1. The maximum absolute atomic E-state index is 11.0. The molecule has 0 saturated heterocycles. The van der Waals surface area contributed by atoms with Gasteiger partial charge in [-0.15, -0.1) is 11.6 Å². The highest BCUT2D eigenvalue weighted by molar-refractivity contribution is 6.29. The Morgan fingerprint density at radius 1 is 1.17 bits per heavy atom. The molecule has 2 atom stereocenters. The van der Waals surface area contributed by atoms with Gasteiger partial charge in [0.2, 0.25) is 5.89 Å². The number of carboxylic acids is 1. The number of ether oxygens (including phenoxy) is 1. The first-order valence-corrected chi connectivity index (χ1v) is 10.5. The number of halogens is 1. The summed E-state index contributed by atoms with van der Waals surface area (Å²) in [7, 11) is 0. The zero-order valence-electron chi connectivity index (χ0n) is 17.2. The number of alkyl halides is 1. The fourth-order valence-corrected chi connectivity index (χ4v) is 3.57. The quantitative estimate of drug-likeness (QED) is 0.411. The molecule has 0 radical (unpaired) electrons. The molecule has 0 saturated carbocycles. The Balaban J connectivity index is 1.55. The maximum atomic E-state index is 11.0. The van der Waals surface area contributed by atoms with E-state index in [0.29, 0.717) is 25.3 Å². The van der Waals surface area contributed by atoms with Crippen LogP contribution >= 0.6 is 11.6 Å². The molecule has 2 unspecified atom stereocenters. The van der Waals surface area contributed by atoms with E-state index >= 15 is 0 Å². The highest BCUT2D eigenvalue weighted by Crippen LogP contribution is 2.28. The Morgan fingerprint density at radius 2 is 1.87 bits per heavy atom. The van der Waals surface area contributed by atoms with E-state index in [2.05, 4.69) is 4.98 Å². The number of aromatic nitrogens is 1. The van der Waals surface area contributed by atoms with Crippen molar-refractivity contribution < 1.29 is 19.1 Å². The normalized spacial score (nSPS) is 13.0. The highest BCUT2D eigenvalue weighted by atomic mass is 35.5. The lowest BCUT2D eigenvalue weighted by Gasteiger charge is -2.17. The molecule has 0 spiro atoms. The molecular formula is C24H26ClNO4. The van der Waals surface area contributed by atoms with Crippen LogP contribution in [0.5, 0.6) is 5.75 Å². The van der Waals surface area contributed by atoms with Gasteiger partial charge in [-0.2, -0.15) is 0 Å². The van der Waals surface area contributed by atoms with E-state index in [1.54, 1.807) is 0 Å². The molecule has 0 fully saturated rings. The Hall–Kier alpha value is -2.79. The lowest BCUT2D eigenvalue weighted by atomic mass is 9.92. The molecule has 3 rings (SSSR count). The van der Waals surface area contributed by atoms with E-state index < -0.39 is 11.3 Å². The van der Waals surface area contributed by atoms with Crippen molar-refractivity contribution in [3.05, 3.63) is 71.6 Å². The summed E-state index contributed by atoms with van der Waals surface area (Å²) in [6.07, 6.45) is 1.88. The van der Waals surface area contributed by atoms with Crippen molar-refractivity contribution in [3.8, 4) is 17.2 Å². The zero-order valence-corrected chi connectivity index (χ0v) is 17.9. The van der Waals surface area contributed by atoms with Crippen LogP contribution in [0.3, 0.4) is 0 Å². The van der Waals surface area contributed by atoms with Crippen molar-refractivity contribution in [2.45, 2.75) is 44.4 Å². The molecule has 0 amide bonds. The van der Waals surface area contributed by atoms with Gasteiger partial charge in [-0.1, -0.05) is 37.3 Å². The molecule has 0 bridgehead atoms. The second kappa shape index (κ2) is 10.3. The molecule has 0 aliphatic carbocycles. The lowest BCUT2D eigenvalue weighted by molar-refractivity contribution is -0.136. The Bertz CT molecular complexity index is 953.